The van der Waals surface area contributed by atoms with Crippen molar-refractivity contribution in [1.29, 1.82) is 0 Å². The molecule has 0 spiro atoms. The van der Waals surface area contributed by atoms with E-state index in [0.717, 1.165) is 6.07 Å². The number of carboxylic acids is 1. The van der Waals surface area contributed by atoms with E-state index in [4.69, 9.17) is 28.3 Å². The summed E-state index contributed by atoms with van der Waals surface area (Å²) in [7, 11) is 0. The highest BCUT2D eigenvalue weighted by Crippen LogP contribution is 2.34. The van der Waals surface area contributed by atoms with E-state index in [1.807, 2.05) is 0 Å². The lowest BCUT2D eigenvalue weighted by atomic mass is 10.1. The first-order valence-electron chi connectivity index (χ1n) is 5.23. The first-order chi connectivity index (χ1) is 9.00. The van der Waals surface area contributed by atoms with E-state index in [9.17, 15) is 9.18 Å². The van der Waals surface area contributed by atoms with Crippen LogP contribution in [-0.2, 0) is 0 Å². The molecule has 0 aliphatic rings. The maximum atomic E-state index is 13.7. The Labute approximate surface area is 118 Å². The minimum atomic E-state index is -1.25. The molecule has 98 valence electrons. The molecular formula is C13H8Cl2FNO2. The highest BCUT2D eigenvalue weighted by molar-refractivity contribution is 6.39. The number of hydrogen-bond donors (Lipinski definition) is 2. The van der Waals surface area contributed by atoms with Crippen LogP contribution in [0.15, 0.2) is 36.4 Å². The molecule has 0 fully saturated rings. The van der Waals surface area contributed by atoms with Crippen molar-refractivity contribution in [1.82, 2.24) is 0 Å². The van der Waals surface area contributed by atoms with Crippen molar-refractivity contribution >= 4 is 40.5 Å². The molecule has 0 unspecified atom stereocenters. The van der Waals surface area contributed by atoms with Gasteiger partial charge >= 0.3 is 5.97 Å². The lowest BCUT2D eigenvalue weighted by molar-refractivity contribution is 0.0697. The summed E-state index contributed by atoms with van der Waals surface area (Å²) in [5.74, 6) is -1.94. The molecule has 0 heterocycles. The summed E-state index contributed by atoms with van der Waals surface area (Å²) in [6.45, 7) is 0. The molecule has 0 saturated carbocycles. The summed E-state index contributed by atoms with van der Waals surface area (Å²) < 4.78 is 13.7. The second-order valence-corrected chi connectivity index (χ2v) is 4.50. The lowest BCUT2D eigenvalue weighted by Gasteiger charge is -2.13. The first kappa shape index (κ1) is 13.6. The summed E-state index contributed by atoms with van der Waals surface area (Å²) in [6, 6.07) is 8.53. The zero-order chi connectivity index (χ0) is 14.0. The minimum absolute atomic E-state index is 0.176. The van der Waals surface area contributed by atoms with Gasteiger partial charge in [0.2, 0.25) is 0 Å². The van der Waals surface area contributed by atoms with Gasteiger partial charge in [-0.2, -0.15) is 0 Å². The molecule has 2 N–H and O–H groups in total. The Kier molecular flexibility index (Phi) is 3.93. The fraction of sp³-hybridized carbons (Fsp3) is 0. The van der Waals surface area contributed by atoms with Crippen LogP contribution < -0.4 is 5.32 Å². The van der Waals surface area contributed by atoms with Crippen molar-refractivity contribution in [3.05, 3.63) is 57.8 Å². The Morgan fingerprint density at radius 1 is 1.05 bits per heavy atom. The van der Waals surface area contributed by atoms with Gasteiger partial charge in [0.25, 0.3) is 0 Å². The van der Waals surface area contributed by atoms with Crippen molar-refractivity contribution in [3.63, 3.8) is 0 Å². The molecule has 0 radical (unpaired) electrons. The molecule has 0 aliphatic carbocycles. The number of carboxylic acid groups (broad SMARTS) is 1. The highest BCUT2D eigenvalue weighted by atomic mass is 35.5. The van der Waals surface area contributed by atoms with Gasteiger partial charge in [0.05, 0.1) is 27.0 Å². The number of para-hydroxylation sites is 2. The largest absolute Gasteiger partial charge is 0.478 e. The molecule has 0 amide bonds. The third kappa shape index (κ3) is 2.80. The van der Waals surface area contributed by atoms with E-state index in [-0.39, 0.29) is 27.0 Å². The van der Waals surface area contributed by atoms with Crippen molar-refractivity contribution in [2.75, 3.05) is 5.32 Å². The molecule has 0 saturated heterocycles. The number of rotatable bonds is 3. The molecule has 3 nitrogen and oxygen atoms in total. The predicted molar refractivity (Wildman–Crippen MR) is 73.1 cm³/mol. The van der Waals surface area contributed by atoms with Gasteiger partial charge in [0.15, 0.2) is 0 Å². The highest BCUT2D eigenvalue weighted by Gasteiger charge is 2.16. The Bertz CT molecular complexity index is 626. The van der Waals surface area contributed by atoms with E-state index in [0.29, 0.717) is 0 Å². The number of carbonyl (C=O) groups is 1. The molecular weight excluding hydrogens is 292 g/mol. The topological polar surface area (TPSA) is 49.3 Å². The van der Waals surface area contributed by atoms with Crippen LogP contribution in [0.25, 0.3) is 0 Å². The number of hydrogen-bond acceptors (Lipinski definition) is 2. The normalized spacial score (nSPS) is 10.3. The summed E-state index contributed by atoms with van der Waals surface area (Å²) in [6.07, 6.45) is 0. The molecule has 2 aromatic rings. The van der Waals surface area contributed by atoms with Crippen molar-refractivity contribution in [3.8, 4) is 0 Å². The molecule has 2 aromatic carbocycles. The van der Waals surface area contributed by atoms with Crippen LogP contribution in [0, 0.1) is 5.82 Å². The van der Waals surface area contributed by atoms with Gasteiger partial charge in [-0.15, -0.1) is 0 Å². The van der Waals surface area contributed by atoms with E-state index < -0.39 is 11.8 Å². The monoisotopic (exact) mass is 299 g/mol. The summed E-state index contributed by atoms with van der Waals surface area (Å²) in [5, 5.41) is 12.2. The molecule has 6 heteroatoms. The summed E-state index contributed by atoms with van der Waals surface area (Å²) in [5.41, 5.74) is -0.112. The van der Waals surface area contributed by atoms with Gasteiger partial charge in [-0.25, -0.2) is 9.18 Å². The average molecular weight is 300 g/mol. The van der Waals surface area contributed by atoms with E-state index in [1.165, 1.54) is 12.1 Å². The Hall–Kier alpha value is -1.78. The Morgan fingerprint density at radius 2 is 1.63 bits per heavy atom. The lowest BCUT2D eigenvalue weighted by Crippen LogP contribution is -2.05. The van der Waals surface area contributed by atoms with Crippen molar-refractivity contribution in [2.24, 2.45) is 0 Å². The minimum Gasteiger partial charge on any atom is -0.478 e. The Balaban J connectivity index is 2.52. The van der Waals surface area contributed by atoms with Crippen LogP contribution >= 0.6 is 23.2 Å². The van der Waals surface area contributed by atoms with Gasteiger partial charge in [-0.1, -0.05) is 35.3 Å². The predicted octanol–water partition coefficient (Wildman–Crippen LogP) is 4.57. The van der Waals surface area contributed by atoms with Crippen molar-refractivity contribution in [2.45, 2.75) is 0 Å². The first-order valence-corrected chi connectivity index (χ1v) is 5.99. The number of benzene rings is 2. The average Bonchev–Trinajstić information content (AvgIpc) is 2.35. The number of halogens is 3. The van der Waals surface area contributed by atoms with Gasteiger partial charge in [-0.05, 0) is 24.3 Å². The molecule has 2 rings (SSSR count). The summed E-state index contributed by atoms with van der Waals surface area (Å²) >= 11 is 11.9. The molecule has 0 atom stereocenters. The molecule has 19 heavy (non-hydrogen) atoms. The quantitative estimate of drug-likeness (QED) is 0.872. The number of anilines is 2. The third-order valence-corrected chi connectivity index (χ3v) is 3.09. The zero-order valence-corrected chi connectivity index (χ0v) is 11.0. The van der Waals surface area contributed by atoms with Gasteiger partial charge in [0, 0.05) is 0 Å². The molecule has 0 bridgehead atoms. The van der Waals surface area contributed by atoms with Crippen LogP contribution in [0.4, 0.5) is 15.8 Å². The zero-order valence-electron chi connectivity index (χ0n) is 9.45. The fourth-order valence-electron chi connectivity index (χ4n) is 1.57. The maximum absolute atomic E-state index is 13.7. The van der Waals surface area contributed by atoms with E-state index in [1.54, 1.807) is 18.2 Å². The number of nitrogens with one attached hydrogen (secondary N) is 1. The third-order valence-electron chi connectivity index (χ3n) is 2.46. The maximum Gasteiger partial charge on any atom is 0.337 e. The van der Waals surface area contributed by atoms with Crippen LogP contribution in [0.2, 0.25) is 10.0 Å². The van der Waals surface area contributed by atoms with Crippen molar-refractivity contribution < 1.29 is 14.3 Å². The standard InChI is InChI=1S/C13H8Cl2FNO2/c14-8-4-2-5-9(15)12(8)17-11-7(13(18)19)3-1-6-10(11)16/h1-6,17H,(H,18,19). The Morgan fingerprint density at radius 3 is 2.21 bits per heavy atom. The van der Waals surface area contributed by atoms with Crippen LogP contribution in [0.3, 0.4) is 0 Å². The number of aromatic carboxylic acids is 1. The van der Waals surface area contributed by atoms with E-state index in [2.05, 4.69) is 5.32 Å². The fourth-order valence-corrected chi connectivity index (χ4v) is 2.06. The van der Waals surface area contributed by atoms with Gasteiger partial charge < -0.3 is 10.4 Å². The van der Waals surface area contributed by atoms with Crippen LogP contribution in [0.5, 0.6) is 0 Å². The second kappa shape index (κ2) is 5.47. The second-order valence-electron chi connectivity index (χ2n) is 3.69. The van der Waals surface area contributed by atoms with Crippen LogP contribution in [0.1, 0.15) is 10.4 Å². The SMILES string of the molecule is O=C(O)c1cccc(F)c1Nc1c(Cl)cccc1Cl. The van der Waals surface area contributed by atoms with Crippen LogP contribution in [-0.4, -0.2) is 11.1 Å². The van der Waals surface area contributed by atoms with Gasteiger partial charge in [0.1, 0.15) is 5.82 Å². The summed E-state index contributed by atoms with van der Waals surface area (Å²) in [4.78, 5) is 11.1. The molecule has 0 aromatic heterocycles. The smallest absolute Gasteiger partial charge is 0.337 e. The van der Waals surface area contributed by atoms with E-state index >= 15 is 0 Å². The van der Waals surface area contributed by atoms with Gasteiger partial charge in [-0.3, -0.25) is 0 Å². The molecule has 0 aliphatic heterocycles.